The minimum Gasteiger partial charge on any atom is -0.497 e. The summed E-state index contributed by atoms with van der Waals surface area (Å²) in [4.78, 5) is 13.3. The molecule has 1 aliphatic heterocycles. The largest absolute Gasteiger partial charge is 0.497 e. The predicted molar refractivity (Wildman–Crippen MR) is 127 cm³/mol. The third-order valence-corrected chi connectivity index (χ3v) is 7.79. The highest BCUT2D eigenvalue weighted by Crippen LogP contribution is 2.27. The van der Waals surface area contributed by atoms with E-state index in [0.717, 1.165) is 10.8 Å². The van der Waals surface area contributed by atoms with Crippen LogP contribution in [0.15, 0.2) is 65.6 Å². The lowest BCUT2D eigenvalue weighted by molar-refractivity contribution is 0.0920. The van der Waals surface area contributed by atoms with E-state index in [1.54, 1.807) is 24.3 Å². The third-order valence-electron chi connectivity index (χ3n) is 5.88. The van der Waals surface area contributed by atoms with Gasteiger partial charge in [0, 0.05) is 19.1 Å². The SMILES string of the molecule is CCOc1cc2ccccc2cc1C(=O)NC1CCN(S(=O)(=O)c2ccc(OC)cc2)CC1. The van der Waals surface area contributed by atoms with E-state index in [-0.39, 0.29) is 16.8 Å². The first-order valence-electron chi connectivity index (χ1n) is 11.0. The van der Waals surface area contributed by atoms with Crippen LogP contribution in [0.25, 0.3) is 10.8 Å². The summed E-state index contributed by atoms with van der Waals surface area (Å²) < 4.78 is 38.2. The molecule has 0 saturated carbocycles. The predicted octanol–water partition coefficient (Wildman–Crippen LogP) is 3.83. The number of methoxy groups -OCH3 is 1. The molecule has 3 aromatic rings. The molecule has 1 heterocycles. The molecule has 0 aromatic heterocycles. The molecule has 0 radical (unpaired) electrons. The summed E-state index contributed by atoms with van der Waals surface area (Å²) >= 11 is 0. The van der Waals surface area contributed by atoms with E-state index in [0.29, 0.717) is 49.6 Å². The number of rotatable bonds is 7. The highest BCUT2D eigenvalue weighted by Gasteiger charge is 2.30. The standard InChI is InChI=1S/C25H28N2O5S/c1-3-32-24-17-19-7-5-4-6-18(19)16-23(24)25(28)26-20-12-14-27(15-13-20)33(29,30)22-10-8-21(31-2)9-11-22/h4-11,16-17,20H,3,12-15H2,1-2H3,(H,26,28). The van der Waals surface area contributed by atoms with Crippen LogP contribution in [0.2, 0.25) is 0 Å². The second-order valence-electron chi connectivity index (χ2n) is 7.96. The number of piperidine rings is 1. The number of carbonyl (C=O) groups is 1. The van der Waals surface area contributed by atoms with Gasteiger partial charge in [-0.2, -0.15) is 4.31 Å². The van der Waals surface area contributed by atoms with Crippen molar-refractivity contribution in [3.05, 3.63) is 66.2 Å². The Morgan fingerprint density at radius 3 is 2.27 bits per heavy atom. The Morgan fingerprint density at radius 2 is 1.67 bits per heavy atom. The van der Waals surface area contributed by atoms with Crippen molar-refractivity contribution >= 4 is 26.7 Å². The van der Waals surface area contributed by atoms with Gasteiger partial charge in [-0.05, 0) is 66.9 Å². The average Bonchev–Trinajstić information content (AvgIpc) is 2.84. The first-order valence-corrected chi connectivity index (χ1v) is 12.5. The van der Waals surface area contributed by atoms with Crippen LogP contribution in [0, 0.1) is 0 Å². The number of nitrogens with zero attached hydrogens (tertiary/aromatic N) is 1. The van der Waals surface area contributed by atoms with Gasteiger partial charge in [0.1, 0.15) is 11.5 Å². The highest BCUT2D eigenvalue weighted by molar-refractivity contribution is 7.89. The van der Waals surface area contributed by atoms with Crippen molar-refractivity contribution in [3.8, 4) is 11.5 Å². The number of ether oxygens (including phenoxy) is 2. The van der Waals surface area contributed by atoms with Crippen molar-refractivity contribution in [2.24, 2.45) is 0 Å². The first-order chi connectivity index (χ1) is 15.9. The maximum atomic E-state index is 13.1. The number of hydrogen-bond acceptors (Lipinski definition) is 5. The van der Waals surface area contributed by atoms with Crippen molar-refractivity contribution in [2.45, 2.75) is 30.7 Å². The maximum absolute atomic E-state index is 13.1. The molecule has 1 saturated heterocycles. The van der Waals surface area contributed by atoms with Gasteiger partial charge < -0.3 is 14.8 Å². The fourth-order valence-corrected chi connectivity index (χ4v) is 5.54. The Kier molecular flexibility index (Phi) is 6.85. The average molecular weight is 469 g/mol. The summed E-state index contributed by atoms with van der Waals surface area (Å²) in [5.41, 5.74) is 0.490. The number of nitrogens with one attached hydrogen (secondary N) is 1. The summed E-state index contributed by atoms with van der Waals surface area (Å²) in [5, 5.41) is 5.04. The molecule has 1 amide bonds. The van der Waals surface area contributed by atoms with Crippen LogP contribution in [-0.4, -0.2) is 51.5 Å². The van der Waals surface area contributed by atoms with Gasteiger partial charge >= 0.3 is 0 Å². The Bertz CT molecular complexity index is 1230. The summed E-state index contributed by atoms with van der Waals surface area (Å²) in [5.74, 6) is 0.948. The number of benzene rings is 3. The van der Waals surface area contributed by atoms with E-state index in [1.165, 1.54) is 11.4 Å². The molecule has 7 nitrogen and oxygen atoms in total. The zero-order valence-corrected chi connectivity index (χ0v) is 19.6. The molecule has 1 aliphatic rings. The summed E-state index contributed by atoms with van der Waals surface area (Å²) in [6.45, 7) is 3.03. The van der Waals surface area contributed by atoms with Gasteiger partial charge in [0.15, 0.2) is 0 Å². The molecule has 3 aromatic carbocycles. The lowest BCUT2D eigenvalue weighted by Gasteiger charge is -2.31. The first kappa shape index (κ1) is 23.1. The second kappa shape index (κ2) is 9.80. The Labute approximate surface area is 194 Å². The fraction of sp³-hybridized carbons (Fsp3) is 0.320. The van der Waals surface area contributed by atoms with E-state index in [9.17, 15) is 13.2 Å². The van der Waals surface area contributed by atoms with E-state index in [2.05, 4.69) is 5.32 Å². The molecular formula is C25H28N2O5S. The van der Waals surface area contributed by atoms with Crippen LogP contribution >= 0.6 is 0 Å². The molecule has 4 rings (SSSR count). The fourth-order valence-electron chi connectivity index (χ4n) is 4.07. The molecule has 0 aliphatic carbocycles. The second-order valence-corrected chi connectivity index (χ2v) is 9.89. The van der Waals surface area contributed by atoms with Crippen LogP contribution in [0.4, 0.5) is 0 Å². The van der Waals surface area contributed by atoms with Gasteiger partial charge in [0.2, 0.25) is 10.0 Å². The van der Waals surface area contributed by atoms with Crippen LogP contribution in [-0.2, 0) is 10.0 Å². The lowest BCUT2D eigenvalue weighted by atomic mass is 10.0. The number of amides is 1. The number of fused-ring (bicyclic) bond motifs is 1. The normalized spacial score (nSPS) is 15.3. The van der Waals surface area contributed by atoms with Crippen molar-refractivity contribution in [1.82, 2.24) is 9.62 Å². The molecular weight excluding hydrogens is 440 g/mol. The zero-order valence-electron chi connectivity index (χ0n) is 18.8. The minimum atomic E-state index is -3.58. The molecule has 1 fully saturated rings. The van der Waals surface area contributed by atoms with E-state index < -0.39 is 10.0 Å². The Hall–Kier alpha value is -3.10. The van der Waals surface area contributed by atoms with Crippen LogP contribution in [0.1, 0.15) is 30.1 Å². The van der Waals surface area contributed by atoms with Crippen LogP contribution < -0.4 is 14.8 Å². The minimum absolute atomic E-state index is 0.110. The number of carbonyl (C=O) groups excluding carboxylic acids is 1. The zero-order chi connectivity index (χ0) is 23.4. The van der Waals surface area contributed by atoms with Crippen molar-refractivity contribution in [3.63, 3.8) is 0 Å². The van der Waals surface area contributed by atoms with Gasteiger partial charge in [-0.25, -0.2) is 8.42 Å². The topological polar surface area (TPSA) is 84.9 Å². The third kappa shape index (κ3) is 4.96. The summed E-state index contributed by atoms with van der Waals surface area (Å²) in [6.07, 6.45) is 1.08. The van der Waals surface area contributed by atoms with Gasteiger partial charge in [0.05, 0.1) is 24.2 Å². The van der Waals surface area contributed by atoms with Gasteiger partial charge in [-0.1, -0.05) is 24.3 Å². The Morgan fingerprint density at radius 1 is 1.03 bits per heavy atom. The van der Waals surface area contributed by atoms with E-state index in [1.807, 2.05) is 43.3 Å². The monoisotopic (exact) mass is 468 g/mol. The molecule has 33 heavy (non-hydrogen) atoms. The highest BCUT2D eigenvalue weighted by atomic mass is 32.2. The summed E-state index contributed by atoms with van der Waals surface area (Å²) in [7, 11) is -2.04. The number of sulfonamides is 1. The smallest absolute Gasteiger partial charge is 0.255 e. The van der Waals surface area contributed by atoms with Crippen LogP contribution in [0.5, 0.6) is 11.5 Å². The maximum Gasteiger partial charge on any atom is 0.255 e. The van der Waals surface area contributed by atoms with E-state index in [4.69, 9.17) is 9.47 Å². The molecule has 174 valence electrons. The van der Waals surface area contributed by atoms with Crippen molar-refractivity contribution < 1.29 is 22.7 Å². The van der Waals surface area contributed by atoms with Crippen molar-refractivity contribution in [2.75, 3.05) is 26.8 Å². The Balaban J connectivity index is 1.43. The van der Waals surface area contributed by atoms with Crippen molar-refractivity contribution in [1.29, 1.82) is 0 Å². The van der Waals surface area contributed by atoms with Crippen LogP contribution in [0.3, 0.4) is 0 Å². The molecule has 0 bridgehead atoms. The van der Waals surface area contributed by atoms with Gasteiger partial charge in [0.25, 0.3) is 5.91 Å². The molecule has 0 spiro atoms. The molecule has 1 N–H and O–H groups in total. The molecule has 0 atom stereocenters. The number of hydrogen-bond donors (Lipinski definition) is 1. The van der Waals surface area contributed by atoms with E-state index >= 15 is 0 Å². The summed E-state index contributed by atoms with van der Waals surface area (Å²) in [6, 6.07) is 17.8. The lowest BCUT2D eigenvalue weighted by Crippen LogP contribution is -2.46. The quantitative estimate of drug-likeness (QED) is 0.570. The molecule has 8 heteroatoms. The molecule has 0 unspecified atom stereocenters. The van der Waals surface area contributed by atoms with Gasteiger partial charge in [-0.15, -0.1) is 0 Å². The van der Waals surface area contributed by atoms with Gasteiger partial charge in [-0.3, -0.25) is 4.79 Å².